The minimum atomic E-state index is -3.86. The van der Waals surface area contributed by atoms with Gasteiger partial charge in [0.15, 0.2) is 0 Å². The Morgan fingerprint density at radius 2 is 2.17 bits per heavy atom. The van der Waals surface area contributed by atoms with Crippen LogP contribution in [0.4, 0.5) is 0 Å². The maximum Gasteiger partial charge on any atom is 0.328 e. The van der Waals surface area contributed by atoms with Gasteiger partial charge < -0.3 is 4.74 Å². The number of sulfonamides is 1. The van der Waals surface area contributed by atoms with Crippen LogP contribution in [0.15, 0.2) is 40.6 Å². The fraction of sp³-hybridized carbons (Fsp3) is 0.267. The Morgan fingerprint density at radius 1 is 1.39 bits per heavy atom. The lowest BCUT2D eigenvalue weighted by Crippen LogP contribution is -2.43. The van der Waals surface area contributed by atoms with E-state index in [1.807, 2.05) is 5.38 Å². The van der Waals surface area contributed by atoms with Gasteiger partial charge in [0.05, 0.1) is 12.0 Å². The monoisotopic (exact) mass is 371 g/mol. The molecule has 1 aromatic carbocycles. The number of esters is 1. The Kier molecular flexibility index (Phi) is 4.46. The Morgan fingerprint density at radius 3 is 2.87 bits per heavy atom. The maximum atomic E-state index is 13.0. The molecular formula is C15H14ClNO4S2. The summed E-state index contributed by atoms with van der Waals surface area (Å²) in [6, 6.07) is 6.85. The third-order valence-corrected chi connectivity index (χ3v) is 6.84. The number of benzene rings is 1. The number of ether oxygens (including phenoxy) is 1. The van der Waals surface area contributed by atoms with Crippen LogP contribution in [0.25, 0.3) is 0 Å². The number of carbonyl (C=O) groups excluding carboxylic acids is 1. The van der Waals surface area contributed by atoms with E-state index in [2.05, 4.69) is 0 Å². The molecule has 23 heavy (non-hydrogen) atoms. The summed E-state index contributed by atoms with van der Waals surface area (Å²) in [5, 5.41) is 2.18. The van der Waals surface area contributed by atoms with Crippen molar-refractivity contribution in [2.24, 2.45) is 0 Å². The molecule has 0 aliphatic carbocycles. The third-order valence-electron chi connectivity index (χ3n) is 3.75. The molecule has 1 aliphatic rings. The van der Waals surface area contributed by atoms with Gasteiger partial charge in [-0.3, -0.25) is 0 Å². The number of hydrogen-bond acceptors (Lipinski definition) is 5. The predicted molar refractivity (Wildman–Crippen MR) is 88.1 cm³/mol. The molecule has 3 rings (SSSR count). The standard InChI is InChI=1S/C15H14ClNO4S2/c1-21-15(18)14-12-6-8-22-13(12)5-7-17(14)23(19,20)11-4-2-3-10(16)9-11/h2-4,6,8-9,14H,5,7H2,1H3. The van der Waals surface area contributed by atoms with Gasteiger partial charge in [0, 0.05) is 16.4 Å². The van der Waals surface area contributed by atoms with Crippen LogP contribution in [0.5, 0.6) is 0 Å². The van der Waals surface area contributed by atoms with Crippen LogP contribution in [0, 0.1) is 0 Å². The first-order valence-electron chi connectivity index (χ1n) is 6.86. The van der Waals surface area contributed by atoms with E-state index in [1.54, 1.807) is 18.2 Å². The van der Waals surface area contributed by atoms with Crippen molar-refractivity contribution in [2.45, 2.75) is 17.4 Å². The summed E-state index contributed by atoms with van der Waals surface area (Å²) in [5.41, 5.74) is 0.693. The molecule has 0 bridgehead atoms. The molecule has 0 saturated heterocycles. The average molecular weight is 372 g/mol. The Hall–Kier alpha value is -1.41. The summed E-state index contributed by atoms with van der Waals surface area (Å²) in [6.07, 6.45) is 0.570. The van der Waals surface area contributed by atoms with Gasteiger partial charge in [-0.05, 0) is 41.6 Å². The van der Waals surface area contributed by atoms with Crippen LogP contribution < -0.4 is 0 Å². The average Bonchev–Trinajstić information content (AvgIpc) is 3.01. The van der Waals surface area contributed by atoms with Gasteiger partial charge in [-0.15, -0.1) is 11.3 Å². The summed E-state index contributed by atoms with van der Waals surface area (Å²) in [7, 11) is -2.60. The molecule has 122 valence electrons. The van der Waals surface area contributed by atoms with Crippen LogP contribution in [0.1, 0.15) is 16.5 Å². The molecule has 1 unspecified atom stereocenters. The number of rotatable bonds is 3. The van der Waals surface area contributed by atoms with Crippen molar-refractivity contribution in [1.29, 1.82) is 0 Å². The smallest absolute Gasteiger partial charge is 0.328 e. The fourth-order valence-electron chi connectivity index (χ4n) is 2.67. The molecule has 2 aromatic rings. The Balaban J connectivity index is 2.09. The first kappa shape index (κ1) is 16.4. The lowest BCUT2D eigenvalue weighted by molar-refractivity contribution is -0.145. The summed E-state index contributed by atoms with van der Waals surface area (Å²) in [5.74, 6) is -0.588. The van der Waals surface area contributed by atoms with Crippen LogP contribution in [0.2, 0.25) is 5.02 Å². The molecular weight excluding hydrogens is 358 g/mol. The van der Waals surface area contributed by atoms with Gasteiger partial charge >= 0.3 is 5.97 Å². The highest BCUT2D eigenvalue weighted by Gasteiger charge is 2.41. The zero-order valence-corrected chi connectivity index (χ0v) is 14.6. The minimum absolute atomic E-state index is 0.0672. The van der Waals surface area contributed by atoms with Crippen molar-refractivity contribution in [2.75, 3.05) is 13.7 Å². The van der Waals surface area contributed by atoms with Gasteiger partial charge in [-0.25, -0.2) is 13.2 Å². The first-order chi connectivity index (χ1) is 10.9. The molecule has 0 N–H and O–H groups in total. The number of methoxy groups -OCH3 is 1. The Bertz CT molecular complexity index is 847. The number of fused-ring (bicyclic) bond motifs is 1. The van der Waals surface area contributed by atoms with Crippen LogP contribution in [0.3, 0.4) is 0 Å². The molecule has 0 fully saturated rings. The lowest BCUT2D eigenvalue weighted by atomic mass is 10.0. The zero-order valence-electron chi connectivity index (χ0n) is 12.2. The van der Waals surface area contributed by atoms with Crippen LogP contribution in [-0.4, -0.2) is 32.3 Å². The highest BCUT2D eigenvalue weighted by molar-refractivity contribution is 7.89. The SMILES string of the molecule is COC(=O)C1c2ccsc2CCN1S(=O)(=O)c1cccc(Cl)c1. The highest BCUT2D eigenvalue weighted by atomic mass is 35.5. The molecule has 8 heteroatoms. The number of thiophene rings is 1. The van der Waals surface area contributed by atoms with Crippen molar-refractivity contribution in [3.8, 4) is 0 Å². The fourth-order valence-corrected chi connectivity index (χ4v) is 5.44. The molecule has 1 aliphatic heterocycles. The second-order valence-electron chi connectivity index (χ2n) is 5.05. The van der Waals surface area contributed by atoms with E-state index in [9.17, 15) is 13.2 Å². The first-order valence-corrected chi connectivity index (χ1v) is 9.56. The molecule has 0 radical (unpaired) electrons. The van der Waals surface area contributed by atoms with Crippen LogP contribution >= 0.6 is 22.9 Å². The van der Waals surface area contributed by atoms with Crippen molar-refractivity contribution in [1.82, 2.24) is 4.31 Å². The van der Waals surface area contributed by atoms with E-state index in [0.29, 0.717) is 17.0 Å². The minimum Gasteiger partial charge on any atom is -0.468 e. The number of halogens is 1. The topological polar surface area (TPSA) is 63.7 Å². The van der Waals surface area contributed by atoms with Crippen molar-refractivity contribution in [3.63, 3.8) is 0 Å². The summed E-state index contributed by atoms with van der Waals surface area (Å²) in [4.78, 5) is 13.3. The van der Waals surface area contributed by atoms with Gasteiger partial charge in [0.2, 0.25) is 10.0 Å². The van der Waals surface area contributed by atoms with Crippen molar-refractivity contribution < 1.29 is 17.9 Å². The van der Waals surface area contributed by atoms with Gasteiger partial charge in [-0.2, -0.15) is 4.31 Å². The second kappa shape index (κ2) is 6.24. The van der Waals surface area contributed by atoms with E-state index >= 15 is 0 Å². The number of carbonyl (C=O) groups is 1. The summed E-state index contributed by atoms with van der Waals surface area (Å²) in [6.45, 7) is 0.224. The quantitative estimate of drug-likeness (QED) is 0.778. The van der Waals surface area contributed by atoms with E-state index < -0.39 is 22.0 Å². The molecule has 0 amide bonds. The van der Waals surface area contributed by atoms with E-state index in [0.717, 1.165) is 4.88 Å². The maximum absolute atomic E-state index is 13.0. The summed E-state index contributed by atoms with van der Waals surface area (Å²) < 4.78 is 32.0. The van der Waals surface area contributed by atoms with E-state index in [4.69, 9.17) is 16.3 Å². The van der Waals surface area contributed by atoms with Gasteiger partial charge in [-0.1, -0.05) is 17.7 Å². The predicted octanol–water partition coefficient (Wildman–Crippen LogP) is 2.86. The molecule has 1 aromatic heterocycles. The van der Waals surface area contributed by atoms with Gasteiger partial charge in [0.1, 0.15) is 6.04 Å². The van der Waals surface area contributed by atoms with Crippen LogP contribution in [-0.2, 0) is 26.0 Å². The molecule has 0 spiro atoms. The molecule has 5 nitrogen and oxygen atoms in total. The molecule has 2 heterocycles. The van der Waals surface area contributed by atoms with E-state index in [-0.39, 0.29) is 11.4 Å². The largest absolute Gasteiger partial charge is 0.468 e. The second-order valence-corrected chi connectivity index (χ2v) is 8.38. The van der Waals surface area contributed by atoms with Crippen molar-refractivity contribution in [3.05, 3.63) is 51.2 Å². The lowest BCUT2D eigenvalue weighted by Gasteiger charge is -2.32. The van der Waals surface area contributed by atoms with Crippen molar-refractivity contribution >= 4 is 38.9 Å². The van der Waals surface area contributed by atoms with Gasteiger partial charge in [0.25, 0.3) is 0 Å². The molecule has 1 atom stereocenters. The summed E-state index contributed by atoms with van der Waals surface area (Å²) >= 11 is 7.42. The zero-order chi connectivity index (χ0) is 16.6. The van der Waals surface area contributed by atoms with E-state index in [1.165, 1.54) is 34.9 Å². The number of hydrogen-bond donors (Lipinski definition) is 0. The highest BCUT2D eigenvalue weighted by Crippen LogP contribution is 2.37. The third kappa shape index (κ3) is 2.89. The number of nitrogens with zero attached hydrogens (tertiary/aromatic N) is 1. The Labute approximate surface area is 143 Å². The molecule has 0 saturated carbocycles. The normalized spacial score (nSPS) is 18.4.